The highest BCUT2D eigenvalue weighted by molar-refractivity contribution is 7.80. The lowest BCUT2D eigenvalue weighted by molar-refractivity contribution is 0.619. The molecule has 0 fully saturated rings. The number of hydrogen-bond acceptors (Lipinski definition) is 3. The van der Waals surface area contributed by atoms with Crippen LogP contribution in [0.1, 0.15) is 16.8 Å². The van der Waals surface area contributed by atoms with Gasteiger partial charge in [-0.2, -0.15) is 0 Å². The largest absolute Gasteiger partial charge is 0.389 e. The summed E-state index contributed by atoms with van der Waals surface area (Å²) >= 11 is 4.95. The summed E-state index contributed by atoms with van der Waals surface area (Å²) in [5.74, 6) is 0.337. The maximum Gasteiger partial charge on any atom is 0.131 e. The highest BCUT2D eigenvalue weighted by atomic mass is 32.1. The Bertz CT molecular complexity index is 641. The average molecular weight is 275 g/mol. The first-order valence-corrected chi connectivity index (χ1v) is 6.19. The van der Waals surface area contributed by atoms with Gasteiger partial charge in [-0.25, -0.2) is 9.37 Å². The van der Waals surface area contributed by atoms with E-state index in [2.05, 4.69) is 10.3 Å². The van der Waals surface area contributed by atoms with E-state index < -0.39 is 0 Å². The average Bonchev–Trinajstić information content (AvgIpc) is 2.34. The van der Waals surface area contributed by atoms with Crippen molar-refractivity contribution in [3.8, 4) is 0 Å². The third-order valence-corrected chi connectivity index (χ3v) is 3.00. The van der Waals surface area contributed by atoms with E-state index in [-0.39, 0.29) is 5.82 Å². The Kier molecular flexibility index (Phi) is 3.76. The van der Waals surface area contributed by atoms with E-state index in [0.717, 1.165) is 11.3 Å². The molecule has 0 saturated heterocycles. The molecule has 3 nitrogen and oxygen atoms in total. The monoisotopic (exact) mass is 275 g/mol. The van der Waals surface area contributed by atoms with Crippen molar-refractivity contribution in [3.05, 3.63) is 53.0 Å². The lowest BCUT2D eigenvalue weighted by atomic mass is 10.2. The smallest absolute Gasteiger partial charge is 0.131 e. The molecule has 0 aliphatic heterocycles. The molecule has 1 heterocycles. The first-order chi connectivity index (χ1) is 8.97. The molecule has 0 radical (unpaired) electrons. The number of benzene rings is 1. The van der Waals surface area contributed by atoms with Crippen LogP contribution in [0.2, 0.25) is 0 Å². The van der Waals surface area contributed by atoms with Gasteiger partial charge in [-0.15, -0.1) is 0 Å². The number of aryl methyl sites for hydroxylation is 1. The van der Waals surface area contributed by atoms with E-state index in [4.69, 9.17) is 18.0 Å². The summed E-state index contributed by atoms with van der Waals surface area (Å²) in [5, 5.41) is 3.08. The minimum Gasteiger partial charge on any atom is -0.389 e. The summed E-state index contributed by atoms with van der Waals surface area (Å²) in [4.78, 5) is 4.64. The van der Waals surface area contributed by atoms with Crippen LogP contribution in [0.3, 0.4) is 0 Å². The van der Waals surface area contributed by atoms with Gasteiger partial charge < -0.3 is 11.1 Å². The van der Waals surface area contributed by atoms with E-state index in [0.29, 0.717) is 22.1 Å². The van der Waals surface area contributed by atoms with Gasteiger partial charge in [0.05, 0.1) is 0 Å². The van der Waals surface area contributed by atoms with Crippen molar-refractivity contribution in [2.75, 3.05) is 5.32 Å². The summed E-state index contributed by atoms with van der Waals surface area (Å²) < 4.78 is 13.5. The van der Waals surface area contributed by atoms with Crippen molar-refractivity contribution in [3.63, 3.8) is 0 Å². The fraction of sp³-hybridized carbons (Fsp3) is 0.143. The molecule has 0 aliphatic carbocycles. The fourth-order valence-electron chi connectivity index (χ4n) is 1.76. The van der Waals surface area contributed by atoms with Crippen LogP contribution in [0, 0.1) is 19.7 Å². The Morgan fingerprint density at radius 2 is 2.05 bits per heavy atom. The Morgan fingerprint density at radius 1 is 1.32 bits per heavy atom. The fourth-order valence-corrected chi connectivity index (χ4v) is 1.87. The first kappa shape index (κ1) is 13.4. The number of halogens is 1. The van der Waals surface area contributed by atoms with Crippen molar-refractivity contribution >= 4 is 28.7 Å². The van der Waals surface area contributed by atoms with E-state index in [1.807, 2.05) is 13.0 Å². The molecule has 2 rings (SSSR count). The first-order valence-electron chi connectivity index (χ1n) is 5.78. The van der Waals surface area contributed by atoms with Gasteiger partial charge in [-0.1, -0.05) is 18.3 Å². The third kappa shape index (κ3) is 3.06. The molecule has 98 valence electrons. The van der Waals surface area contributed by atoms with Crippen molar-refractivity contribution in [2.24, 2.45) is 5.73 Å². The van der Waals surface area contributed by atoms with Gasteiger partial charge in [0, 0.05) is 22.5 Å². The Hall–Kier alpha value is -2.01. The molecule has 0 amide bonds. The molecule has 3 N–H and O–H groups in total. The maximum absolute atomic E-state index is 13.5. The number of nitrogens with two attached hydrogens (primary N) is 1. The van der Waals surface area contributed by atoms with Crippen LogP contribution in [0.4, 0.5) is 15.9 Å². The SMILES string of the molecule is Cc1cc(C(N)=S)cc(Nc2cccc(F)c2C)n1. The number of anilines is 2. The number of thiocarbonyl (C=S) groups is 1. The van der Waals surface area contributed by atoms with Gasteiger partial charge in [-0.05, 0) is 38.1 Å². The minimum absolute atomic E-state index is 0.257. The second-order valence-electron chi connectivity index (χ2n) is 4.28. The highest BCUT2D eigenvalue weighted by Crippen LogP contribution is 2.22. The van der Waals surface area contributed by atoms with Crippen LogP contribution < -0.4 is 11.1 Å². The molecule has 0 bridgehead atoms. The van der Waals surface area contributed by atoms with Crippen LogP contribution in [0.15, 0.2) is 30.3 Å². The molecule has 0 atom stereocenters. The molecular formula is C14H14FN3S. The van der Waals surface area contributed by atoms with E-state index in [9.17, 15) is 4.39 Å². The van der Waals surface area contributed by atoms with E-state index >= 15 is 0 Å². The molecule has 0 aliphatic rings. The van der Waals surface area contributed by atoms with Crippen LogP contribution in [-0.2, 0) is 0 Å². The van der Waals surface area contributed by atoms with Crippen LogP contribution in [-0.4, -0.2) is 9.97 Å². The number of nitrogens with one attached hydrogen (secondary N) is 1. The Balaban J connectivity index is 2.38. The molecule has 2 aromatic rings. The van der Waals surface area contributed by atoms with Crippen molar-refractivity contribution in [1.29, 1.82) is 0 Å². The van der Waals surface area contributed by atoms with Crippen LogP contribution >= 0.6 is 12.2 Å². The number of rotatable bonds is 3. The normalized spacial score (nSPS) is 10.3. The predicted octanol–water partition coefficient (Wildman–Crippen LogP) is 3.22. The zero-order valence-electron chi connectivity index (χ0n) is 10.7. The summed E-state index contributed by atoms with van der Waals surface area (Å²) in [7, 11) is 0. The molecular weight excluding hydrogens is 261 g/mol. The minimum atomic E-state index is -0.257. The zero-order chi connectivity index (χ0) is 14.0. The zero-order valence-corrected chi connectivity index (χ0v) is 11.5. The number of pyridine rings is 1. The molecule has 0 saturated carbocycles. The summed E-state index contributed by atoms with van der Waals surface area (Å²) in [6.07, 6.45) is 0. The number of aromatic nitrogens is 1. The van der Waals surface area contributed by atoms with E-state index in [1.165, 1.54) is 6.07 Å². The van der Waals surface area contributed by atoms with Gasteiger partial charge in [0.15, 0.2) is 0 Å². The molecule has 0 spiro atoms. The molecule has 0 unspecified atom stereocenters. The summed E-state index contributed by atoms with van der Waals surface area (Å²) in [6, 6.07) is 8.42. The topological polar surface area (TPSA) is 50.9 Å². The number of nitrogens with zero attached hydrogens (tertiary/aromatic N) is 1. The second kappa shape index (κ2) is 5.32. The predicted molar refractivity (Wildman–Crippen MR) is 79.3 cm³/mol. The lowest BCUT2D eigenvalue weighted by Gasteiger charge is -2.11. The van der Waals surface area contributed by atoms with Crippen LogP contribution in [0.25, 0.3) is 0 Å². The standard InChI is InChI=1S/C14H14FN3S/c1-8-6-10(14(16)19)7-13(17-8)18-12-5-3-4-11(15)9(12)2/h3-7H,1-2H3,(H2,16,19)(H,17,18). The van der Waals surface area contributed by atoms with Gasteiger partial charge in [0.25, 0.3) is 0 Å². The highest BCUT2D eigenvalue weighted by Gasteiger charge is 2.06. The third-order valence-electron chi connectivity index (χ3n) is 2.77. The van der Waals surface area contributed by atoms with Crippen molar-refractivity contribution in [2.45, 2.75) is 13.8 Å². The van der Waals surface area contributed by atoms with Gasteiger partial charge >= 0.3 is 0 Å². The van der Waals surface area contributed by atoms with E-state index in [1.54, 1.807) is 25.1 Å². The molecule has 1 aromatic heterocycles. The number of hydrogen-bond donors (Lipinski definition) is 2. The molecule has 1 aromatic carbocycles. The molecule has 19 heavy (non-hydrogen) atoms. The van der Waals surface area contributed by atoms with Crippen molar-refractivity contribution in [1.82, 2.24) is 4.98 Å². The lowest BCUT2D eigenvalue weighted by Crippen LogP contribution is -2.11. The molecule has 5 heteroatoms. The van der Waals surface area contributed by atoms with Crippen LogP contribution in [0.5, 0.6) is 0 Å². The quantitative estimate of drug-likeness (QED) is 0.845. The Morgan fingerprint density at radius 3 is 2.74 bits per heavy atom. The summed E-state index contributed by atoms with van der Waals surface area (Å²) in [6.45, 7) is 3.56. The van der Waals surface area contributed by atoms with Gasteiger partial charge in [-0.3, -0.25) is 0 Å². The van der Waals surface area contributed by atoms with Gasteiger partial charge in [0.2, 0.25) is 0 Å². The summed E-state index contributed by atoms with van der Waals surface area (Å²) in [5.41, 5.74) is 8.36. The maximum atomic E-state index is 13.5. The van der Waals surface area contributed by atoms with Crippen molar-refractivity contribution < 1.29 is 4.39 Å². The Labute approximate surface area is 116 Å². The second-order valence-corrected chi connectivity index (χ2v) is 4.72. The van der Waals surface area contributed by atoms with Gasteiger partial charge in [0.1, 0.15) is 16.6 Å².